The van der Waals surface area contributed by atoms with Crippen LogP contribution in [0.2, 0.25) is 0 Å². The van der Waals surface area contributed by atoms with E-state index in [9.17, 15) is 14.4 Å². The van der Waals surface area contributed by atoms with Gasteiger partial charge in [-0.05, 0) is 38.1 Å². The smallest absolute Gasteiger partial charge is 0.231 e. The van der Waals surface area contributed by atoms with Crippen LogP contribution >= 0.6 is 0 Å². The van der Waals surface area contributed by atoms with Crippen LogP contribution in [0.15, 0.2) is 0 Å². The lowest BCUT2D eigenvalue weighted by Crippen LogP contribution is -2.50. The Morgan fingerprint density at radius 2 is 1.93 bits per heavy atom. The van der Waals surface area contributed by atoms with Crippen LogP contribution in [-0.4, -0.2) is 78.2 Å². The van der Waals surface area contributed by atoms with E-state index in [1.807, 2.05) is 14.7 Å². The monoisotopic (exact) mass is 378 g/mol. The summed E-state index contributed by atoms with van der Waals surface area (Å²) in [4.78, 5) is 42.5. The Balaban J connectivity index is 1.52. The molecule has 3 aliphatic heterocycles. The zero-order valence-electron chi connectivity index (χ0n) is 16.8. The summed E-state index contributed by atoms with van der Waals surface area (Å²) in [5, 5.41) is 0. The van der Waals surface area contributed by atoms with E-state index in [1.165, 1.54) is 0 Å². The summed E-state index contributed by atoms with van der Waals surface area (Å²) in [7, 11) is 0. The number of piperidine rings is 2. The van der Waals surface area contributed by atoms with E-state index in [2.05, 4.69) is 13.8 Å². The maximum absolute atomic E-state index is 13.0. The lowest BCUT2D eigenvalue weighted by molar-refractivity contribution is -0.140. The zero-order chi connectivity index (χ0) is 19.6. The molecule has 27 heavy (non-hydrogen) atoms. The van der Waals surface area contributed by atoms with Crippen molar-refractivity contribution in [3.63, 3.8) is 0 Å². The first-order valence-electron chi connectivity index (χ1n) is 10.4. The van der Waals surface area contributed by atoms with Gasteiger partial charge in [0.2, 0.25) is 17.7 Å². The minimum Gasteiger partial charge on any atom is -0.369 e. The topological polar surface area (TPSA) is 86.9 Å². The van der Waals surface area contributed by atoms with Crippen molar-refractivity contribution in [1.29, 1.82) is 0 Å². The molecule has 3 fully saturated rings. The molecular formula is C20H34N4O3. The van der Waals surface area contributed by atoms with E-state index < -0.39 is 0 Å². The second-order valence-corrected chi connectivity index (χ2v) is 9.21. The summed E-state index contributed by atoms with van der Waals surface area (Å²) >= 11 is 0. The van der Waals surface area contributed by atoms with Crippen molar-refractivity contribution in [3.8, 4) is 0 Å². The highest BCUT2D eigenvalue weighted by atomic mass is 16.2. The quantitative estimate of drug-likeness (QED) is 0.762. The fourth-order valence-electron chi connectivity index (χ4n) is 5.00. The number of rotatable bonds is 5. The van der Waals surface area contributed by atoms with Crippen LogP contribution < -0.4 is 5.73 Å². The molecule has 0 bridgehead atoms. The normalized spacial score (nSPS) is 26.2. The molecule has 1 atom stereocenters. The lowest BCUT2D eigenvalue weighted by atomic mass is 9.77. The average molecular weight is 379 g/mol. The van der Waals surface area contributed by atoms with Gasteiger partial charge in [0.05, 0.1) is 12.5 Å². The van der Waals surface area contributed by atoms with Crippen molar-refractivity contribution < 1.29 is 14.4 Å². The molecule has 0 aromatic rings. The van der Waals surface area contributed by atoms with Crippen LogP contribution in [0.3, 0.4) is 0 Å². The Kier molecular flexibility index (Phi) is 6.08. The molecule has 0 aliphatic carbocycles. The third kappa shape index (κ3) is 4.81. The number of nitrogens with zero attached hydrogens (tertiary/aromatic N) is 3. The van der Waals surface area contributed by atoms with Gasteiger partial charge in [-0.15, -0.1) is 0 Å². The van der Waals surface area contributed by atoms with Crippen molar-refractivity contribution in [2.75, 3.05) is 45.8 Å². The predicted molar refractivity (Wildman–Crippen MR) is 103 cm³/mol. The molecule has 7 nitrogen and oxygen atoms in total. The van der Waals surface area contributed by atoms with E-state index in [4.69, 9.17) is 5.73 Å². The second-order valence-electron chi connectivity index (χ2n) is 9.21. The van der Waals surface area contributed by atoms with E-state index in [0.29, 0.717) is 18.9 Å². The number of nitrogens with two attached hydrogens (primary N) is 1. The summed E-state index contributed by atoms with van der Waals surface area (Å²) in [5.41, 5.74) is 5.36. The van der Waals surface area contributed by atoms with Gasteiger partial charge in [-0.3, -0.25) is 19.3 Å². The fraction of sp³-hybridized carbons (Fsp3) is 0.850. The largest absolute Gasteiger partial charge is 0.369 e. The van der Waals surface area contributed by atoms with Gasteiger partial charge in [-0.2, -0.15) is 0 Å². The first kappa shape index (κ1) is 20.1. The number of amides is 3. The summed E-state index contributed by atoms with van der Waals surface area (Å²) < 4.78 is 0. The zero-order valence-corrected chi connectivity index (χ0v) is 16.8. The van der Waals surface area contributed by atoms with Gasteiger partial charge in [-0.1, -0.05) is 13.8 Å². The van der Waals surface area contributed by atoms with Crippen molar-refractivity contribution in [2.45, 2.75) is 46.0 Å². The summed E-state index contributed by atoms with van der Waals surface area (Å²) in [5.74, 6) is 0.607. The molecule has 3 rings (SSSR count). The number of primary amides is 1. The number of hydrogen-bond donors (Lipinski definition) is 1. The fourth-order valence-corrected chi connectivity index (χ4v) is 5.00. The van der Waals surface area contributed by atoms with Crippen LogP contribution in [-0.2, 0) is 14.4 Å². The molecule has 3 saturated heterocycles. The highest BCUT2D eigenvalue weighted by Crippen LogP contribution is 2.41. The molecule has 0 saturated carbocycles. The van der Waals surface area contributed by atoms with Gasteiger partial charge >= 0.3 is 0 Å². The number of hydrogen-bond acceptors (Lipinski definition) is 4. The standard InChI is InChI=1S/C20H34N4O3/c1-15(2)11-24-14-20(10-18(24)26)5-8-23(9-6-20)19(27)16-4-3-7-22(12-16)13-17(21)25/h15-16H,3-14H2,1-2H3,(H2,21,25)/t16-/m0/s1. The van der Waals surface area contributed by atoms with Crippen LogP contribution in [0.5, 0.6) is 0 Å². The first-order chi connectivity index (χ1) is 12.8. The maximum atomic E-state index is 13.0. The third-order valence-electron chi connectivity index (χ3n) is 6.36. The van der Waals surface area contributed by atoms with Gasteiger partial charge in [0.15, 0.2) is 0 Å². The average Bonchev–Trinajstić information content (AvgIpc) is 2.89. The Bertz CT molecular complexity index is 584. The molecule has 0 aromatic heterocycles. The molecule has 3 heterocycles. The van der Waals surface area contributed by atoms with Gasteiger partial charge in [0, 0.05) is 44.6 Å². The van der Waals surface area contributed by atoms with Crippen molar-refractivity contribution in [3.05, 3.63) is 0 Å². The minimum atomic E-state index is -0.333. The molecule has 0 radical (unpaired) electrons. The highest BCUT2D eigenvalue weighted by Gasteiger charge is 2.46. The molecule has 7 heteroatoms. The molecule has 0 aromatic carbocycles. The van der Waals surface area contributed by atoms with Crippen molar-refractivity contribution >= 4 is 17.7 Å². The van der Waals surface area contributed by atoms with E-state index in [-0.39, 0.29) is 35.6 Å². The van der Waals surface area contributed by atoms with Crippen LogP contribution in [0.4, 0.5) is 0 Å². The Labute approximate surface area is 162 Å². The molecule has 0 unspecified atom stereocenters. The van der Waals surface area contributed by atoms with E-state index in [0.717, 1.165) is 58.4 Å². The van der Waals surface area contributed by atoms with E-state index in [1.54, 1.807) is 0 Å². The van der Waals surface area contributed by atoms with Crippen LogP contribution in [0.1, 0.15) is 46.0 Å². The van der Waals surface area contributed by atoms with Gasteiger partial charge in [0.1, 0.15) is 0 Å². The predicted octanol–water partition coefficient (Wildman–Crippen LogP) is 0.681. The number of likely N-dealkylation sites (tertiary alicyclic amines) is 3. The molecule has 1 spiro atoms. The summed E-state index contributed by atoms with van der Waals surface area (Å²) in [6, 6.07) is 0. The Morgan fingerprint density at radius 3 is 2.56 bits per heavy atom. The van der Waals surface area contributed by atoms with Crippen LogP contribution in [0, 0.1) is 17.3 Å². The second kappa shape index (κ2) is 8.17. The Hall–Kier alpha value is -1.63. The SMILES string of the molecule is CC(C)CN1CC2(CCN(C(=O)[C@H]3CCCN(CC(N)=O)C3)CC2)CC1=O. The molecule has 3 aliphatic rings. The molecular weight excluding hydrogens is 344 g/mol. The highest BCUT2D eigenvalue weighted by molar-refractivity contribution is 5.81. The van der Waals surface area contributed by atoms with Crippen molar-refractivity contribution in [2.24, 2.45) is 23.0 Å². The van der Waals surface area contributed by atoms with Crippen LogP contribution in [0.25, 0.3) is 0 Å². The lowest BCUT2D eigenvalue weighted by Gasteiger charge is -2.41. The van der Waals surface area contributed by atoms with Crippen molar-refractivity contribution in [1.82, 2.24) is 14.7 Å². The third-order valence-corrected chi connectivity index (χ3v) is 6.36. The summed E-state index contributed by atoms with van der Waals surface area (Å²) in [6.07, 6.45) is 4.28. The molecule has 2 N–H and O–H groups in total. The van der Waals surface area contributed by atoms with Gasteiger partial charge < -0.3 is 15.5 Å². The van der Waals surface area contributed by atoms with E-state index >= 15 is 0 Å². The molecule has 3 amide bonds. The first-order valence-corrected chi connectivity index (χ1v) is 10.4. The maximum Gasteiger partial charge on any atom is 0.231 e. The molecule has 152 valence electrons. The van der Waals surface area contributed by atoms with Gasteiger partial charge in [0.25, 0.3) is 0 Å². The Morgan fingerprint density at radius 1 is 1.22 bits per heavy atom. The van der Waals surface area contributed by atoms with Gasteiger partial charge in [-0.25, -0.2) is 0 Å². The summed E-state index contributed by atoms with van der Waals surface area (Å²) in [6.45, 7) is 9.16. The number of carbonyl (C=O) groups excluding carboxylic acids is 3. The minimum absolute atomic E-state index is 0.0326. The number of carbonyl (C=O) groups is 3.